The number of nitrogens with one attached hydrogen (secondary N) is 1. The highest BCUT2D eigenvalue weighted by Crippen LogP contribution is 2.28. The third-order valence-electron chi connectivity index (χ3n) is 4.79. The van der Waals surface area contributed by atoms with E-state index in [2.05, 4.69) is 10.3 Å². The Hall–Kier alpha value is -3.60. The number of rotatable bonds is 3. The summed E-state index contributed by atoms with van der Waals surface area (Å²) in [5, 5.41) is 3.44. The lowest BCUT2D eigenvalue weighted by Crippen LogP contribution is -2.14. The zero-order valence-electron chi connectivity index (χ0n) is 16.5. The first kappa shape index (κ1) is 18.7. The summed E-state index contributed by atoms with van der Waals surface area (Å²) in [5.74, 6) is -0.858. The molecule has 1 amide bonds. The van der Waals surface area contributed by atoms with Crippen LogP contribution in [0.15, 0.2) is 60.8 Å². The Bertz CT molecular complexity index is 1240. The molecule has 1 N–H and O–H groups in total. The molecule has 0 atom stereocenters. The van der Waals surface area contributed by atoms with Crippen molar-refractivity contribution < 1.29 is 9.18 Å². The maximum absolute atomic E-state index is 14.2. The Kier molecular flexibility index (Phi) is 4.80. The Balaban J connectivity index is 1.89. The third-order valence-corrected chi connectivity index (χ3v) is 4.79. The summed E-state index contributed by atoms with van der Waals surface area (Å²) >= 11 is 0. The molecule has 0 bridgehead atoms. The highest BCUT2D eigenvalue weighted by atomic mass is 19.1. The van der Waals surface area contributed by atoms with Crippen molar-refractivity contribution in [3.63, 3.8) is 0 Å². The molecular weight excluding hydrogens is 365 g/mol. The second kappa shape index (κ2) is 7.43. The monoisotopic (exact) mass is 385 g/mol. The number of carbonyl (C=O) groups excluding carboxylic acids is 1. The molecular formula is C24H20FN3O. The summed E-state index contributed by atoms with van der Waals surface area (Å²) in [6, 6.07) is 15.9. The molecule has 0 aliphatic rings. The van der Waals surface area contributed by atoms with E-state index < -0.39 is 5.82 Å². The van der Waals surface area contributed by atoms with E-state index in [9.17, 15) is 9.18 Å². The lowest BCUT2D eigenvalue weighted by atomic mass is 10.00. The van der Waals surface area contributed by atoms with E-state index in [-0.39, 0.29) is 11.6 Å². The van der Waals surface area contributed by atoms with Gasteiger partial charge in [-0.05, 0) is 68.3 Å². The zero-order chi connectivity index (χ0) is 20.5. The van der Waals surface area contributed by atoms with Gasteiger partial charge in [-0.15, -0.1) is 0 Å². The van der Waals surface area contributed by atoms with E-state index in [4.69, 9.17) is 4.98 Å². The topological polar surface area (TPSA) is 54.9 Å². The average Bonchev–Trinajstić information content (AvgIpc) is 2.70. The Morgan fingerprint density at radius 2 is 1.76 bits per heavy atom. The second-order valence-electron chi connectivity index (χ2n) is 7.19. The molecule has 0 aliphatic carbocycles. The minimum absolute atomic E-state index is 0.156. The summed E-state index contributed by atoms with van der Waals surface area (Å²) in [5.41, 5.74) is 5.44. The van der Waals surface area contributed by atoms with Gasteiger partial charge in [0, 0.05) is 11.6 Å². The summed E-state index contributed by atoms with van der Waals surface area (Å²) < 4.78 is 14.2. The lowest BCUT2D eigenvalue weighted by molar-refractivity contribution is 0.102. The molecule has 144 valence electrons. The molecule has 0 unspecified atom stereocenters. The highest BCUT2D eigenvalue weighted by molar-refractivity contribution is 6.13. The summed E-state index contributed by atoms with van der Waals surface area (Å²) in [6.07, 6.45) is 1.69. The van der Waals surface area contributed by atoms with Gasteiger partial charge < -0.3 is 5.32 Å². The number of benzene rings is 2. The number of fused-ring (bicyclic) bond motifs is 1. The van der Waals surface area contributed by atoms with Crippen LogP contribution in [0.3, 0.4) is 0 Å². The van der Waals surface area contributed by atoms with Crippen LogP contribution in [0, 0.1) is 26.6 Å². The van der Waals surface area contributed by atoms with E-state index in [1.807, 2.05) is 51.1 Å². The van der Waals surface area contributed by atoms with Crippen molar-refractivity contribution >= 4 is 22.5 Å². The van der Waals surface area contributed by atoms with Gasteiger partial charge in [0.1, 0.15) is 5.82 Å². The van der Waals surface area contributed by atoms with Crippen LogP contribution in [0.25, 0.3) is 22.3 Å². The summed E-state index contributed by atoms with van der Waals surface area (Å²) in [4.78, 5) is 22.3. The van der Waals surface area contributed by atoms with Gasteiger partial charge in [0.05, 0.1) is 28.2 Å². The van der Waals surface area contributed by atoms with Crippen molar-refractivity contribution in [2.24, 2.45) is 0 Å². The normalized spacial score (nSPS) is 10.9. The standard InChI is InChI=1S/C24H20FN3O/c1-14-7-8-19(25)21(12-14)28-24(29)18-13-22(20-6-4-5-9-26-20)27-23-16(3)10-15(2)11-17(18)23/h4-13H,1-3H3,(H,28,29). The van der Waals surface area contributed by atoms with Crippen LogP contribution in [0.1, 0.15) is 27.0 Å². The molecule has 4 rings (SSSR count). The number of aryl methyl sites for hydroxylation is 3. The fourth-order valence-electron chi connectivity index (χ4n) is 3.44. The average molecular weight is 385 g/mol. The fraction of sp³-hybridized carbons (Fsp3) is 0.125. The SMILES string of the molecule is Cc1ccc(F)c(NC(=O)c2cc(-c3ccccn3)nc3c(C)cc(C)cc23)c1. The quantitative estimate of drug-likeness (QED) is 0.498. The van der Waals surface area contributed by atoms with Crippen LogP contribution in [0.2, 0.25) is 0 Å². The zero-order valence-corrected chi connectivity index (χ0v) is 16.5. The van der Waals surface area contributed by atoms with Gasteiger partial charge in [0.2, 0.25) is 0 Å². The number of pyridine rings is 2. The van der Waals surface area contributed by atoms with Gasteiger partial charge in [-0.2, -0.15) is 0 Å². The van der Waals surface area contributed by atoms with Crippen LogP contribution in [-0.4, -0.2) is 15.9 Å². The number of halogens is 1. The van der Waals surface area contributed by atoms with Crippen LogP contribution in [0.5, 0.6) is 0 Å². The molecule has 0 spiro atoms. The highest BCUT2D eigenvalue weighted by Gasteiger charge is 2.17. The molecule has 5 heteroatoms. The lowest BCUT2D eigenvalue weighted by Gasteiger charge is -2.13. The first-order chi connectivity index (χ1) is 13.9. The van der Waals surface area contributed by atoms with Crippen molar-refractivity contribution in [1.29, 1.82) is 0 Å². The van der Waals surface area contributed by atoms with E-state index in [1.54, 1.807) is 24.4 Å². The van der Waals surface area contributed by atoms with Crippen molar-refractivity contribution in [2.45, 2.75) is 20.8 Å². The molecule has 2 heterocycles. The van der Waals surface area contributed by atoms with Gasteiger partial charge in [0.25, 0.3) is 5.91 Å². The molecule has 0 aliphatic heterocycles. The van der Waals surface area contributed by atoms with E-state index in [1.165, 1.54) is 6.07 Å². The number of aromatic nitrogens is 2. The first-order valence-corrected chi connectivity index (χ1v) is 9.33. The molecule has 0 saturated heterocycles. The molecule has 29 heavy (non-hydrogen) atoms. The molecule has 0 saturated carbocycles. The molecule has 4 aromatic rings. The van der Waals surface area contributed by atoms with Crippen LogP contribution in [0.4, 0.5) is 10.1 Å². The Labute approximate surface area is 168 Å². The number of carbonyl (C=O) groups is 1. The number of amides is 1. The van der Waals surface area contributed by atoms with E-state index >= 15 is 0 Å². The van der Waals surface area contributed by atoms with Gasteiger partial charge >= 0.3 is 0 Å². The van der Waals surface area contributed by atoms with Crippen molar-refractivity contribution in [3.05, 3.63) is 88.9 Å². The van der Waals surface area contributed by atoms with Crippen molar-refractivity contribution in [2.75, 3.05) is 5.32 Å². The minimum Gasteiger partial charge on any atom is -0.319 e. The molecule has 2 aromatic carbocycles. The summed E-state index contributed by atoms with van der Waals surface area (Å²) in [6.45, 7) is 5.79. The van der Waals surface area contributed by atoms with Crippen LogP contribution >= 0.6 is 0 Å². The van der Waals surface area contributed by atoms with Crippen LogP contribution in [-0.2, 0) is 0 Å². The predicted molar refractivity (Wildman–Crippen MR) is 114 cm³/mol. The van der Waals surface area contributed by atoms with Gasteiger partial charge in [0.15, 0.2) is 0 Å². The predicted octanol–water partition coefficient (Wildman–Crippen LogP) is 5.61. The van der Waals surface area contributed by atoms with E-state index in [0.717, 1.165) is 27.6 Å². The molecule has 2 aromatic heterocycles. The second-order valence-corrected chi connectivity index (χ2v) is 7.19. The maximum atomic E-state index is 14.2. The third kappa shape index (κ3) is 3.72. The smallest absolute Gasteiger partial charge is 0.256 e. The number of nitrogens with zero attached hydrogens (tertiary/aromatic N) is 2. The van der Waals surface area contributed by atoms with Gasteiger partial charge in [-0.1, -0.05) is 23.8 Å². The fourth-order valence-corrected chi connectivity index (χ4v) is 3.44. The summed E-state index contributed by atoms with van der Waals surface area (Å²) in [7, 11) is 0. The van der Waals surface area contributed by atoms with E-state index in [0.29, 0.717) is 17.0 Å². The van der Waals surface area contributed by atoms with Crippen LogP contribution < -0.4 is 5.32 Å². The Morgan fingerprint density at radius 3 is 2.52 bits per heavy atom. The number of anilines is 1. The minimum atomic E-state index is -0.473. The largest absolute Gasteiger partial charge is 0.319 e. The van der Waals surface area contributed by atoms with Gasteiger partial charge in [-0.25, -0.2) is 9.37 Å². The van der Waals surface area contributed by atoms with Crippen molar-refractivity contribution in [1.82, 2.24) is 9.97 Å². The van der Waals surface area contributed by atoms with Gasteiger partial charge in [-0.3, -0.25) is 9.78 Å². The molecule has 0 fully saturated rings. The number of hydrogen-bond donors (Lipinski definition) is 1. The maximum Gasteiger partial charge on any atom is 0.256 e. The number of hydrogen-bond acceptors (Lipinski definition) is 3. The molecule has 4 nitrogen and oxygen atoms in total. The molecule has 0 radical (unpaired) electrons. The first-order valence-electron chi connectivity index (χ1n) is 9.33. The Morgan fingerprint density at radius 1 is 0.931 bits per heavy atom. The van der Waals surface area contributed by atoms with Crippen molar-refractivity contribution in [3.8, 4) is 11.4 Å².